The van der Waals surface area contributed by atoms with Gasteiger partial charge in [0.15, 0.2) is 0 Å². The first-order chi connectivity index (χ1) is 19.4. The van der Waals surface area contributed by atoms with Gasteiger partial charge < -0.3 is 15.4 Å². The van der Waals surface area contributed by atoms with E-state index in [2.05, 4.69) is 29.5 Å². The van der Waals surface area contributed by atoms with Crippen molar-refractivity contribution in [3.8, 4) is 5.75 Å². The minimum absolute atomic E-state index is 0.186. The molecule has 0 radical (unpaired) electrons. The maximum absolute atomic E-state index is 13.3. The highest BCUT2D eigenvalue weighted by Crippen LogP contribution is 2.21. The number of para-hydroxylation sites is 1. The zero-order valence-electron chi connectivity index (χ0n) is 23.1. The topological polar surface area (TPSA) is 130 Å². The van der Waals surface area contributed by atoms with Crippen LogP contribution in [0.4, 0.5) is 5.69 Å². The summed E-state index contributed by atoms with van der Waals surface area (Å²) < 4.78 is 5.74. The van der Waals surface area contributed by atoms with E-state index in [1.165, 1.54) is 6.08 Å². The van der Waals surface area contributed by atoms with Crippen molar-refractivity contribution in [2.24, 2.45) is 5.92 Å². The lowest BCUT2D eigenvalue weighted by molar-refractivity contribution is -0.129. The number of anilines is 1. The number of rotatable bonds is 15. The van der Waals surface area contributed by atoms with Gasteiger partial charge in [0.2, 0.25) is 17.7 Å². The van der Waals surface area contributed by atoms with Crippen LogP contribution in [0.15, 0.2) is 66.9 Å². The molecule has 0 bridgehead atoms. The van der Waals surface area contributed by atoms with Crippen LogP contribution in [0.1, 0.15) is 57.9 Å². The first-order valence-electron chi connectivity index (χ1n) is 13.6. The quantitative estimate of drug-likeness (QED) is 0.0891. The third kappa shape index (κ3) is 10.1. The number of hydroxylamine groups is 1. The van der Waals surface area contributed by atoms with Crippen molar-refractivity contribution in [3.05, 3.63) is 72.4 Å². The fourth-order valence-corrected chi connectivity index (χ4v) is 4.04. The lowest BCUT2D eigenvalue weighted by Gasteiger charge is -2.18. The Bertz CT molecular complexity index is 1290. The van der Waals surface area contributed by atoms with E-state index in [0.29, 0.717) is 49.4 Å². The van der Waals surface area contributed by atoms with E-state index in [9.17, 15) is 14.4 Å². The molecule has 3 aromatic rings. The van der Waals surface area contributed by atoms with Crippen LogP contribution in [-0.2, 0) is 14.4 Å². The molecule has 1 atom stereocenters. The van der Waals surface area contributed by atoms with E-state index in [-0.39, 0.29) is 12.3 Å². The maximum Gasteiger partial charge on any atom is 0.247 e. The van der Waals surface area contributed by atoms with E-state index in [4.69, 9.17) is 9.94 Å². The molecule has 9 heteroatoms. The van der Waals surface area contributed by atoms with Gasteiger partial charge in [0.05, 0.1) is 17.8 Å². The van der Waals surface area contributed by atoms with Gasteiger partial charge in [-0.05, 0) is 61.1 Å². The molecule has 0 saturated heterocycles. The number of carbonyl (C=O) groups excluding carboxylic acids is 3. The lowest BCUT2D eigenvalue weighted by atomic mass is 10.1. The van der Waals surface area contributed by atoms with E-state index in [1.54, 1.807) is 23.8 Å². The molecule has 40 heavy (non-hydrogen) atoms. The Labute approximate surface area is 235 Å². The molecule has 3 amide bonds. The Morgan fingerprint density at radius 2 is 1.75 bits per heavy atom. The van der Waals surface area contributed by atoms with Crippen LogP contribution in [0, 0.1) is 5.92 Å². The fraction of sp³-hybridized carbons (Fsp3) is 0.355. The Morgan fingerprint density at radius 3 is 2.50 bits per heavy atom. The highest BCUT2D eigenvalue weighted by molar-refractivity contribution is 6.04. The molecular formula is C31H38N4O5. The minimum atomic E-state index is -0.792. The first kappa shape index (κ1) is 30.3. The maximum atomic E-state index is 13.3. The summed E-state index contributed by atoms with van der Waals surface area (Å²) in [5.41, 5.74) is 3.67. The molecule has 0 unspecified atom stereocenters. The van der Waals surface area contributed by atoms with Crippen molar-refractivity contribution in [1.29, 1.82) is 0 Å². The monoisotopic (exact) mass is 546 g/mol. The average Bonchev–Trinajstić information content (AvgIpc) is 2.95. The Balaban J connectivity index is 1.62. The number of nitrogens with zero attached hydrogens (tertiary/aromatic N) is 1. The zero-order chi connectivity index (χ0) is 28.7. The van der Waals surface area contributed by atoms with Crippen LogP contribution < -0.4 is 20.9 Å². The molecule has 4 N–H and O–H groups in total. The molecule has 9 nitrogen and oxygen atoms in total. The van der Waals surface area contributed by atoms with Gasteiger partial charge in [-0.2, -0.15) is 0 Å². The minimum Gasteiger partial charge on any atom is -0.494 e. The van der Waals surface area contributed by atoms with Gasteiger partial charge in [-0.3, -0.25) is 24.6 Å². The number of ether oxygens (including phenoxy) is 1. The smallest absolute Gasteiger partial charge is 0.247 e. The van der Waals surface area contributed by atoms with Crippen molar-refractivity contribution in [2.45, 2.75) is 58.4 Å². The zero-order valence-corrected chi connectivity index (χ0v) is 23.1. The van der Waals surface area contributed by atoms with Gasteiger partial charge in [0.1, 0.15) is 11.8 Å². The highest BCUT2D eigenvalue weighted by Gasteiger charge is 2.21. The molecule has 0 aliphatic heterocycles. The third-order valence-corrected chi connectivity index (χ3v) is 6.32. The van der Waals surface area contributed by atoms with Gasteiger partial charge in [0, 0.05) is 24.1 Å². The largest absolute Gasteiger partial charge is 0.494 e. The molecule has 0 fully saturated rings. The van der Waals surface area contributed by atoms with E-state index in [1.807, 2.05) is 48.5 Å². The molecule has 0 aliphatic carbocycles. The van der Waals surface area contributed by atoms with E-state index < -0.39 is 17.9 Å². The number of unbranched alkanes of at least 4 members (excludes halogenated alkanes) is 2. The van der Waals surface area contributed by atoms with Gasteiger partial charge >= 0.3 is 0 Å². The van der Waals surface area contributed by atoms with Crippen LogP contribution in [0.5, 0.6) is 5.75 Å². The molecule has 0 aliphatic rings. The number of amides is 3. The summed E-state index contributed by atoms with van der Waals surface area (Å²) in [7, 11) is 0. The Morgan fingerprint density at radius 1 is 0.975 bits per heavy atom. The van der Waals surface area contributed by atoms with Gasteiger partial charge in [-0.1, -0.05) is 57.0 Å². The normalized spacial score (nSPS) is 11.9. The van der Waals surface area contributed by atoms with Crippen LogP contribution in [0.25, 0.3) is 17.0 Å². The second-order valence-electron chi connectivity index (χ2n) is 10.00. The summed E-state index contributed by atoms with van der Waals surface area (Å²) in [5.74, 6) is 0.150. The van der Waals surface area contributed by atoms with Crippen molar-refractivity contribution < 1.29 is 24.3 Å². The number of carbonyl (C=O) groups is 3. The Hall–Kier alpha value is -4.24. The number of aromatic nitrogens is 1. The summed E-state index contributed by atoms with van der Waals surface area (Å²) in [6.45, 7) is 4.95. The second-order valence-corrected chi connectivity index (χ2v) is 10.00. The fourth-order valence-electron chi connectivity index (χ4n) is 4.04. The van der Waals surface area contributed by atoms with Crippen LogP contribution >= 0.6 is 0 Å². The highest BCUT2D eigenvalue weighted by atomic mass is 16.5. The molecule has 1 aromatic heterocycles. The summed E-state index contributed by atoms with van der Waals surface area (Å²) in [4.78, 5) is 41.7. The number of hydrogen-bond acceptors (Lipinski definition) is 6. The van der Waals surface area contributed by atoms with E-state index in [0.717, 1.165) is 23.1 Å². The van der Waals surface area contributed by atoms with Crippen molar-refractivity contribution in [3.63, 3.8) is 0 Å². The SMILES string of the molecule is CC(C)CCOc1ccc(/C=C/C(=O)N[C@@H](CCCCCC(=O)NO)C(=O)Nc2cccc3cccnc23)cc1. The van der Waals surface area contributed by atoms with Crippen molar-refractivity contribution >= 4 is 40.4 Å². The summed E-state index contributed by atoms with van der Waals surface area (Å²) in [6, 6.07) is 15.9. The van der Waals surface area contributed by atoms with Crippen LogP contribution in [-0.4, -0.2) is 40.6 Å². The molecule has 0 saturated carbocycles. The average molecular weight is 547 g/mol. The summed E-state index contributed by atoms with van der Waals surface area (Å²) in [6.07, 6.45) is 8.11. The second kappa shape index (κ2) is 16.0. The van der Waals surface area contributed by atoms with Crippen molar-refractivity contribution in [2.75, 3.05) is 11.9 Å². The van der Waals surface area contributed by atoms with Crippen molar-refractivity contribution in [1.82, 2.24) is 15.8 Å². The van der Waals surface area contributed by atoms with Gasteiger partial charge in [-0.25, -0.2) is 5.48 Å². The van der Waals surface area contributed by atoms with E-state index >= 15 is 0 Å². The summed E-state index contributed by atoms with van der Waals surface area (Å²) in [5, 5.41) is 15.3. The summed E-state index contributed by atoms with van der Waals surface area (Å²) >= 11 is 0. The predicted molar refractivity (Wildman–Crippen MR) is 156 cm³/mol. The Kier molecular flexibility index (Phi) is 12.1. The van der Waals surface area contributed by atoms with Crippen LogP contribution in [0.2, 0.25) is 0 Å². The van der Waals surface area contributed by atoms with Gasteiger partial charge in [0.25, 0.3) is 0 Å². The lowest BCUT2D eigenvalue weighted by Crippen LogP contribution is -2.43. The standard InChI is InChI=1S/C31H38N4O5/c1-22(2)19-21-40-25-16-13-23(14-17-25)15-18-28(36)33-27(10-4-3-5-12-29(37)35-39)31(38)34-26-11-6-8-24-9-7-20-32-30(24)26/h6-9,11,13-18,20,22,27,39H,3-5,10,12,19,21H2,1-2H3,(H,33,36)(H,34,38)(H,35,37)/b18-15+/t27-/m0/s1. The molecule has 212 valence electrons. The molecule has 3 rings (SSSR count). The number of benzene rings is 2. The number of fused-ring (bicyclic) bond motifs is 1. The number of nitrogens with one attached hydrogen (secondary N) is 3. The molecule has 1 heterocycles. The third-order valence-electron chi connectivity index (χ3n) is 6.32. The molecule has 2 aromatic carbocycles. The van der Waals surface area contributed by atoms with Gasteiger partial charge in [-0.15, -0.1) is 0 Å². The van der Waals surface area contributed by atoms with Crippen LogP contribution in [0.3, 0.4) is 0 Å². The first-order valence-corrected chi connectivity index (χ1v) is 13.6. The number of pyridine rings is 1. The molecular weight excluding hydrogens is 508 g/mol. The molecule has 0 spiro atoms. The predicted octanol–water partition coefficient (Wildman–Crippen LogP) is 5.25. The number of hydrogen-bond donors (Lipinski definition) is 4.